The van der Waals surface area contributed by atoms with Gasteiger partial charge in [0.15, 0.2) is 5.75 Å². The summed E-state index contributed by atoms with van der Waals surface area (Å²) in [4.78, 5) is 8.69. The molecule has 0 unspecified atom stereocenters. The Balaban J connectivity index is 2.47. The summed E-state index contributed by atoms with van der Waals surface area (Å²) in [5, 5.41) is 0. The Bertz CT molecular complexity index is 323. The summed E-state index contributed by atoms with van der Waals surface area (Å²) in [6.45, 7) is 4.72. The van der Waals surface area contributed by atoms with Gasteiger partial charge in [0.2, 0.25) is 0 Å². The molecule has 2 rings (SSSR count). The van der Waals surface area contributed by atoms with E-state index in [1.165, 1.54) is 6.42 Å². The maximum absolute atomic E-state index is 5.61. The van der Waals surface area contributed by atoms with Gasteiger partial charge in [-0.3, -0.25) is 0 Å². The minimum atomic E-state index is 0.806. The van der Waals surface area contributed by atoms with E-state index in [0.29, 0.717) is 0 Å². The van der Waals surface area contributed by atoms with Gasteiger partial charge >= 0.3 is 0 Å². The van der Waals surface area contributed by atoms with Gasteiger partial charge < -0.3 is 4.74 Å². The molecule has 3 nitrogen and oxygen atoms in total. The first-order valence-electron chi connectivity index (χ1n) is 4.74. The van der Waals surface area contributed by atoms with E-state index >= 15 is 0 Å². The summed E-state index contributed by atoms with van der Waals surface area (Å²) in [6.07, 6.45) is 3.32. The summed E-state index contributed by atoms with van der Waals surface area (Å²) in [5.41, 5.74) is 2.06. The Kier molecular flexibility index (Phi) is 2.17. The number of rotatable bonds is 0. The van der Waals surface area contributed by atoms with Crippen LogP contribution in [0.2, 0.25) is 0 Å². The van der Waals surface area contributed by atoms with Crippen LogP contribution in [0.25, 0.3) is 0 Å². The molecule has 0 spiro atoms. The van der Waals surface area contributed by atoms with E-state index in [2.05, 4.69) is 9.97 Å². The number of fused-ring (bicyclic) bond motifs is 1. The number of hydrogen-bond acceptors (Lipinski definition) is 3. The Morgan fingerprint density at radius 1 is 1.15 bits per heavy atom. The number of aromatic nitrogens is 2. The first-order chi connectivity index (χ1) is 6.27. The van der Waals surface area contributed by atoms with E-state index in [-0.39, 0.29) is 0 Å². The van der Waals surface area contributed by atoms with Gasteiger partial charge in [-0.15, -0.1) is 0 Å². The van der Waals surface area contributed by atoms with Gasteiger partial charge in [-0.1, -0.05) is 0 Å². The van der Waals surface area contributed by atoms with Crippen LogP contribution in [0.5, 0.6) is 5.75 Å². The molecule has 0 aliphatic carbocycles. The van der Waals surface area contributed by atoms with Crippen molar-refractivity contribution in [2.45, 2.75) is 33.1 Å². The molecule has 0 atom stereocenters. The van der Waals surface area contributed by atoms with E-state index < -0.39 is 0 Å². The van der Waals surface area contributed by atoms with Crippen LogP contribution in [0, 0.1) is 13.8 Å². The minimum Gasteiger partial charge on any atom is -0.490 e. The van der Waals surface area contributed by atoms with Crippen LogP contribution in [0.3, 0.4) is 0 Å². The first-order valence-corrected chi connectivity index (χ1v) is 4.74. The van der Waals surface area contributed by atoms with Crippen LogP contribution in [0.1, 0.15) is 30.1 Å². The largest absolute Gasteiger partial charge is 0.490 e. The van der Waals surface area contributed by atoms with E-state index in [1.807, 2.05) is 13.8 Å². The van der Waals surface area contributed by atoms with Crippen LogP contribution in [-0.2, 0) is 6.42 Å². The molecule has 0 N–H and O–H groups in total. The standard InChI is InChI=1S/C10H14N2O/c1-7-10-9(12-8(2)11-7)5-3-4-6-13-10/h3-6H2,1-2H3. The molecule has 1 aromatic heterocycles. The van der Waals surface area contributed by atoms with Gasteiger partial charge in [0.25, 0.3) is 0 Å². The minimum absolute atomic E-state index is 0.806. The highest BCUT2D eigenvalue weighted by Gasteiger charge is 2.13. The van der Waals surface area contributed by atoms with Gasteiger partial charge in [0, 0.05) is 0 Å². The molecule has 1 aliphatic heterocycles. The quantitative estimate of drug-likeness (QED) is 0.607. The summed E-state index contributed by atoms with van der Waals surface area (Å²) in [7, 11) is 0. The summed E-state index contributed by atoms with van der Waals surface area (Å²) in [6, 6.07) is 0. The number of hydrogen-bond donors (Lipinski definition) is 0. The monoisotopic (exact) mass is 178 g/mol. The Labute approximate surface area is 78.2 Å². The summed E-state index contributed by atoms with van der Waals surface area (Å²) < 4.78 is 5.61. The zero-order valence-electron chi connectivity index (χ0n) is 8.13. The second-order valence-electron chi connectivity index (χ2n) is 3.44. The lowest BCUT2D eigenvalue weighted by molar-refractivity contribution is 0.312. The third-order valence-electron chi connectivity index (χ3n) is 2.27. The fraction of sp³-hybridized carbons (Fsp3) is 0.600. The van der Waals surface area contributed by atoms with E-state index in [9.17, 15) is 0 Å². The van der Waals surface area contributed by atoms with Crippen molar-refractivity contribution >= 4 is 0 Å². The molecule has 70 valence electrons. The zero-order valence-corrected chi connectivity index (χ0v) is 8.13. The normalized spacial score (nSPS) is 15.8. The predicted octanol–water partition coefficient (Wildman–Crippen LogP) is 1.81. The summed E-state index contributed by atoms with van der Waals surface area (Å²) >= 11 is 0. The molecule has 0 aromatic carbocycles. The van der Waals surface area contributed by atoms with Crippen molar-refractivity contribution in [2.24, 2.45) is 0 Å². The van der Waals surface area contributed by atoms with Crippen molar-refractivity contribution in [1.29, 1.82) is 0 Å². The van der Waals surface area contributed by atoms with Crippen LogP contribution in [0.15, 0.2) is 0 Å². The fourth-order valence-electron chi connectivity index (χ4n) is 1.70. The second kappa shape index (κ2) is 3.32. The van der Waals surface area contributed by atoms with Crippen molar-refractivity contribution < 1.29 is 4.74 Å². The Morgan fingerprint density at radius 3 is 2.85 bits per heavy atom. The van der Waals surface area contributed by atoms with Crippen LogP contribution in [-0.4, -0.2) is 16.6 Å². The van der Waals surface area contributed by atoms with E-state index in [1.54, 1.807) is 0 Å². The van der Waals surface area contributed by atoms with Crippen LogP contribution in [0.4, 0.5) is 0 Å². The average molecular weight is 178 g/mol. The third-order valence-corrected chi connectivity index (χ3v) is 2.27. The molecule has 13 heavy (non-hydrogen) atoms. The lowest BCUT2D eigenvalue weighted by Crippen LogP contribution is -2.02. The zero-order chi connectivity index (χ0) is 9.26. The van der Waals surface area contributed by atoms with Crippen LogP contribution < -0.4 is 4.74 Å². The fourth-order valence-corrected chi connectivity index (χ4v) is 1.70. The number of aryl methyl sites for hydroxylation is 3. The van der Waals surface area contributed by atoms with Gasteiger partial charge in [-0.2, -0.15) is 0 Å². The summed E-state index contributed by atoms with van der Waals surface area (Å²) in [5.74, 6) is 1.77. The van der Waals surface area contributed by atoms with Crippen molar-refractivity contribution in [2.75, 3.05) is 6.61 Å². The molecule has 2 heterocycles. The molecule has 3 heteroatoms. The van der Waals surface area contributed by atoms with Crippen molar-refractivity contribution in [3.05, 3.63) is 17.2 Å². The number of ether oxygens (including phenoxy) is 1. The molecule has 0 radical (unpaired) electrons. The second-order valence-corrected chi connectivity index (χ2v) is 3.44. The van der Waals surface area contributed by atoms with Gasteiger partial charge in [-0.25, -0.2) is 9.97 Å². The third kappa shape index (κ3) is 1.64. The first kappa shape index (κ1) is 8.48. The smallest absolute Gasteiger partial charge is 0.161 e. The average Bonchev–Trinajstić information content (AvgIpc) is 2.28. The SMILES string of the molecule is Cc1nc(C)c2c(n1)CCCCO2. The Hall–Kier alpha value is -1.12. The molecule has 0 saturated heterocycles. The molecular formula is C10H14N2O. The van der Waals surface area contributed by atoms with Gasteiger partial charge in [0.05, 0.1) is 18.0 Å². The van der Waals surface area contributed by atoms with E-state index in [0.717, 1.165) is 42.4 Å². The van der Waals surface area contributed by atoms with Crippen molar-refractivity contribution in [3.63, 3.8) is 0 Å². The highest BCUT2D eigenvalue weighted by Crippen LogP contribution is 2.24. The molecule has 0 amide bonds. The maximum Gasteiger partial charge on any atom is 0.161 e. The Morgan fingerprint density at radius 2 is 2.00 bits per heavy atom. The molecule has 0 saturated carbocycles. The molecule has 1 aromatic rings. The van der Waals surface area contributed by atoms with Gasteiger partial charge in [0.1, 0.15) is 5.82 Å². The molecule has 0 bridgehead atoms. The number of nitrogens with zero attached hydrogens (tertiary/aromatic N) is 2. The lowest BCUT2D eigenvalue weighted by Gasteiger charge is -2.08. The van der Waals surface area contributed by atoms with E-state index in [4.69, 9.17) is 4.74 Å². The predicted molar refractivity (Wildman–Crippen MR) is 49.9 cm³/mol. The topological polar surface area (TPSA) is 35.0 Å². The molecular weight excluding hydrogens is 164 g/mol. The van der Waals surface area contributed by atoms with Crippen molar-refractivity contribution in [1.82, 2.24) is 9.97 Å². The van der Waals surface area contributed by atoms with Crippen molar-refractivity contribution in [3.8, 4) is 5.75 Å². The molecule has 1 aliphatic rings. The molecule has 0 fully saturated rings. The van der Waals surface area contributed by atoms with Crippen LogP contribution >= 0.6 is 0 Å². The highest BCUT2D eigenvalue weighted by atomic mass is 16.5. The maximum atomic E-state index is 5.61. The van der Waals surface area contributed by atoms with Gasteiger partial charge in [-0.05, 0) is 33.1 Å². The lowest BCUT2D eigenvalue weighted by atomic mass is 10.2. The highest BCUT2D eigenvalue weighted by molar-refractivity contribution is 5.33.